The van der Waals surface area contributed by atoms with Gasteiger partial charge in [-0.3, -0.25) is 0 Å². The van der Waals surface area contributed by atoms with Gasteiger partial charge in [0.2, 0.25) is 0 Å². The molecule has 4 heteroatoms. The minimum atomic E-state index is -0.128. The van der Waals surface area contributed by atoms with Gasteiger partial charge in [-0.15, -0.1) is 0 Å². The lowest BCUT2D eigenvalue weighted by molar-refractivity contribution is 0.586. The second-order valence-corrected chi connectivity index (χ2v) is 5.21. The quantitative estimate of drug-likeness (QED) is 0.893. The molecule has 1 saturated carbocycles. The van der Waals surface area contributed by atoms with E-state index in [9.17, 15) is 4.39 Å². The van der Waals surface area contributed by atoms with E-state index in [2.05, 4.69) is 10.3 Å². The minimum Gasteiger partial charge on any atom is -0.338 e. The molecule has 19 heavy (non-hydrogen) atoms. The van der Waals surface area contributed by atoms with Crippen LogP contribution < -0.4 is 5.32 Å². The van der Waals surface area contributed by atoms with Gasteiger partial charge < -0.3 is 9.88 Å². The Morgan fingerprint density at radius 1 is 1.42 bits per heavy atom. The Bertz CT molecular complexity index is 573. The fraction of sp³-hybridized carbons (Fsp3) is 0.400. The van der Waals surface area contributed by atoms with Gasteiger partial charge in [0.25, 0.3) is 0 Å². The van der Waals surface area contributed by atoms with Crippen molar-refractivity contribution in [1.29, 1.82) is 0 Å². The number of aromatic nitrogens is 2. The first kappa shape index (κ1) is 12.4. The summed E-state index contributed by atoms with van der Waals surface area (Å²) in [6.07, 6.45) is 6.88. The molecule has 3 nitrogen and oxygen atoms in total. The van der Waals surface area contributed by atoms with Gasteiger partial charge in [0.15, 0.2) is 0 Å². The third-order valence-electron chi connectivity index (χ3n) is 3.55. The van der Waals surface area contributed by atoms with E-state index in [-0.39, 0.29) is 5.82 Å². The van der Waals surface area contributed by atoms with Crippen molar-refractivity contribution in [2.24, 2.45) is 7.05 Å². The van der Waals surface area contributed by atoms with Crippen molar-refractivity contribution in [3.63, 3.8) is 0 Å². The second-order valence-electron chi connectivity index (χ2n) is 5.21. The van der Waals surface area contributed by atoms with Gasteiger partial charge in [0.1, 0.15) is 11.6 Å². The van der Waals surface area contributed by atoms with Gasteiger partial charge >= 0.3 is 0 Å². The highest BCUT2D eigenvalue weighted by Crippen LogP contribution is 2.20. The molecular formula is C15H18FN3. The Kier molecular flexibility index (Phi) is 3.34. The first-order valence-electron chi connectivity index (χ1n) is 6.69. The highest BCUT2D eigenvalue weighted by Gasteiger charge is 2.20. The summed E-state index contributed by atoms with van der Waals surface area (Å²) in [5.74, 6) is 0.865. The first-order chi connectivity index (χ1) is 9.22. The van der Waals surface area contributed by atoms with E-state index < -0.39 is 0 Å². The largest absolute Gasteiger partial charge is 0.338 e. The standard InChI is InChI=1S/C15H18FN3/c1-19-7-6-17-15(19)9-11-2-5-14(16)12(8-11)10-18-13-3-4-13/h2,5-8,13,18H,3-4,9-10H2,1H3. The summed E-state index contributed by atoms with van der Waals surface area (Å²) in [7, 11) is 1.97. The molecule has 2 aromatic rings. The Morgan fingerprint density at radius 3 is 2.95 bits per heavy atom. The number of imidazole rings is 1. The number of aryl methyl sites for hydroxylation is 1. The predicted octanol–water partition coefficient (Wildman–Crippen LogP) is 2.40. The normalized spacial score (nSPS) is 14.8. The smallest absolute Gasteiger partial charge is 0.127 e. The van der Waals surface area contributed by atoms with Gasteiger partial charge in [-0.05, 0) is 24.5 Å². The summed E-state index contributed by atoms with van der Waals surface area (Å²) < 4.78 is 15.7. The summed E-state index contributed by atoms with van der Waals surface area (Å²) in [4.78, 5) is 4.30. The third kappa shape index (κ3) is 3.01. The Hall–Kier alpha value is -1.68. The molecule has 0 saturated heterocycles. The van der Waals surface area contributed by atoms with Crippen LogP contribution in [-0.4, -0.2) is 15.6 Å². The van der Waals surface area contributed by atoms with E-state index in [4.69, 9.17) is 0 Å². The lowest BCUT2D eigenvalue weighted by atomic mass is 10.1. The number of nitrogens with one attached hydrogen (secondary N) is 1. The molecule has 1 fully saturated rings. The molecule has 1 heterocycles. The molecule has 1 aliphatic rings. The van der Waals surface area contributed by atoms with Crippen molar-refractivity contribution >= 4 is 0 Å². The Labute approximate surface area is 112 Å². The number of nitrogens with zero attached hydrogens (tertiary/aromatic N) is 2. The van der Waals surface area contributed by atoms with Crippen molar-refractivity contribution < 1.29 is 4.39 Å². The SMILES string of the molecule is Cn1ccnc1Cc1ccc(F)c(CNC2CC2)c1. The van der Waals surface area contributed by atoms with Gasteiger partial charge in [-0.1, -0.05) is 12.1 Å². The zero-order chi connectivity index (χ0) is 13.2. The molecule has 100 valence electrons. The Balaban J connectivity index is 1.74. The van der Waals surface area contributed by atoms with Gasteiger partial charge in [0.05, 0.1) is 0 Å². The zero-order valence-electron chi connectivity index (χ0n) is 11.1. The summed E-state index contributed by atoms with van der Waals surface area (Å²) in [5, 5.41) is 3.35. The Morgan fingerprint density at radius 2 is 2.26 bits per heavy atom. The molecule has 1 aliphatic carbocycles. The van der Waals surface area contributed by atoms with E-state index in [1.807, 2.05) is 29.9 Å². The van der Waals surface area contributed by atoms with Crippen LogP contribution in [0.3, 0.4) is 0 Å². The molecule has 0 radical (unpaired) electrons. The highest BCUT2D eigenvalue weighted by molar-refractivity contribution is 5.27. The maximum atomic E-state index is 13.7. The van der Waals surface area contributed by atoms with Crippen molar-refractivity contribution in [3.8, 4) is 0 Å². The van der Waals surface area contributed by atoms with E-state index in [0.29, 0.717) is 12.6 Å². The molecule has 0 unspecified atom stereocenters. The zero-order valence-corrected chi connectivity index (χ0v) is 11.1. The number of halogens is 1. The molecule has 1 aromatic carbocycles. The lowest BCUT2D eigenvalue weighted by Gasteiger charge is -2.08. The minimum absolute atomic E-state index is 0.128. The van der Waals surface area contributed by atoms with Crippen LogP contribution in [0.4, 0.5) is 4.39 Å². The fourth-order valence-electron chi connectivity index (χ4n) is 2.16. The van der Waals surface area contributed by atoms with E-state index in [1.54, 1.807) is 12.3 Å². The molecule has 0 amide bonds. The fourth-order valence-corrected chi connectivity index (χ4v) is 2.16. The number of rotatable bonds is 5. The monoisotopic (exact) mass is 259 g/mol. The third-order valence-corrected chi connectivity index (χ3v) is 3.55. The predicted molar refractivity (Wildman–Crippen MR) is 72.3 cm³/mol. The molecular weight excluding hydrogens is 241 g/mol. The maximum absolute atomic E-state index is 13.7. The van der Waals surface area contributed by atoms with E-state index in [0.717, 1.165) is 23.4 Å². The van der Waals surface area contributed by atoms with Crippen LogP contribution in [0.15, 0.2) is 30.6 Å². The van der Waals surface area contributed by atoms with Gasteiger partial charge in [0, 0.05) is 44.0 Å². The first-order valence-corrected chi connectivity index (χ1v) is 6.69. The van der Waals surface area contributed by atoms with Crippen molar-refractivity contribution in [3.05, 3.63) is 53.4 Å². The molecule has 0 spiro atoms. The summed E-state index contributed by atoms with van der Waals surface area (Å²) in [5.41, 5.74) is 1.85. The summed E-state index contributed by atoms with van der Waals surface area (Å²) in [6.45, 7) is 0.616. The molecule has 0 bridgehead atoms. The van der Waals surface area contributed by atoms with Crippen molar-refractivity contribution in [2.75, 3.05) is 0 Å². The molecule has 3 rings (SSSR count). The van der Waals surface area contributed by atoms with E-state index >= 15 is 0 Å². The molecule has 0 atom stereocenters. The number of hydrogen-bond acceptors (Lipinski definition) is 2. The van der Waals surface area contributed by atoms with Gasteiger partial charge in [-0.2, -0.15) is 0 Å². The van der Waals surface area contributed by atoms with Crippen molar-refractivity contribution in [2.45, 2.75) is 31.8 Å². The van der Waals surface area contributed by atoms with Crippen LogP contribution in [0.2, 0.25) is 0 Å². The molecule has 1 N–H and O–H groups in total. The lowest BCUT2D eigenvalue weighted by Crippen LogP contribution is -2.16. The number of benzene rings is 1. The maximum Gasteiger partial charge on any atom is 0.127 e. The van der Waals surface area contributed by atoms with Crippen LogP contribution >= 0.6 is 0 Å². The van der Waals surface area contributed by atoms with Crippen LogP contribution in [-0.2, 0) is 20.0 Å². The van der Waals surface area contributed by atoms with Crippen LogP contribution in [0, 0.1) is 5.82 Å². The summed E-state index contributed by atoms with van der Waals surface area (Å²) >= 11 is 0. The van der Waals surface area contributed by atoms with Crippen LogP contribution in [0.1, 0.15) is 29.8 Å². The van der Waals surface area contributed by atoms with Gasteiger partial charge in [-0.25, -0.2) is 9.37 Å². The second kappa shape index (κ2) is 5.13. The van der Waals surface area contributed by atoms with Crippen LogP contribution in [0.25, 0.3) is 0 Å². The molecule has 1 aromatic heterocycles. The number of hydrogen-bond donors (Lipinski definition) is 1. The summed E-state index contributed by atoms with van der Waals surface area (Å²) in [6, 6.07) is 5.93. The average molecular weight is 259 g/mol. The topological polar surface area (TPSA) is 29.9 Å². The average Bonchev–Trinajstić information content (AvgIpc) is 3.14. The van der Waals surface area contributed by atoms with Crippen molar-refractivity contribution in [1.82, 2.24) is 14.9 Å². The highest BCUT2D eigenvalue weighted by atomic mass is 19.1. The molecule has 0 aliphatic heterocycles. The van der Waals surface area contributed by atoms with Crippen LogP contribution in [0.5, 0.6) is 0 Å². The van der Waals surface area contributed by atoms with E-state index in [1.165, 1.54) is 12.8 Å².